The number of hydrogen-bond acceptors (Lipinski definition) is 2. The molecular weight excluding hydrogens is 150 g/mol. The van der Waals surface area contributed by atoms with Gasteiger partial charge in [0.25, 0.3) is 0 Å². The van der Waals surface area contributed by atoms with Gasteiger partial charge in [0.2, 0.25) is 0 Å². The molecule has 0 unspecified atom stereocenters. The molecule has 0 aliphatic heterocycles. The standard InChI is InChI=1S/C10H19NO/c1-3-11(4-2)9-5-7-10(12)8-6-9/h5,7,9-10,12H,3-4,6,8H2,1-2H3/t9-,10+/m1/s1. The van der Waals surface area contributed by atoms with Gasteiger partial charge in [0.05, 0.1) is 6.10 Å². The van der Waals surface area contributed by atoms with E-state index in [1.807, 2.05) is 6.08 Å². The van der Waals surface area contributed by atoms with Crippen molar-refractivity contribution in [3.8, 4) is 0 Å². The number of hydrogen-bond donors (Lipinski definition) is 1. The Morgan fingerprint density at radius 1 is 1.25 bits per heavy atom. The lowest BCUT2D eigenvalue weighted by molar-refractivity contribution is 0.166. The van der Waals surface area contributed by atoms with Crippen molar-refractivity contribution in [1.82, 2.24) is 4.90 Å². The topological polar surface area (TPSA) is 23.5 Å². The van der Waals surface area contributed by atoms with Crippen molar-refractivity contribution in [1.29, 1.82) is 0 Å². The molecule has 1 rings (SSSR count). The SMILES string of the molecule is CCN(CC)[C@@H]1C=C[C@H](O)CC1. The van der Waals surface area contributed by atoms with Gasteiger partial charge in [-0.3, -0.25) is 4.90 Å². The van der Waals surface area contributed by atoms with Gasteiger partial charge in [-0.1, -0.05) is 26.0 Å². The van der Waals surface area contributed by atoms with Crippen molar-refractivity contribution < 1.29 is 5.11 Å². The molecule has 0 amide bonds. The quantitative estimate of drug-likeness (QED) is 0.646. The van der Waals surface area contributed by atoms with E-state index in [0.29, 0.717) is 6.04 Å². The molecule has 0 saturated heterocycles. The van der Waals surface area contributed by atoms with Crippen LogP contribution in [-0.4, -0.2) is 35.2 Å². The predicted molar refractivity (Wildman–Crippen MR) is 51.1 cm³/mol. The lowest BCUT2D eigenvalue weighted by atomic mass is 9.99. The first-order chi connectivity index (χ1) is 5.77. The normalized spacial score (nSPS) is 29.7. The van der Waals surface area contributed by atoms with Crippen molar-refractivity contribution in [3.05, 3.63) is 12.2 Å². The van der Waals surface area contributed by atoms with Gasteiger partial charge >= 0.3 is 0 Å². The van der Waals surface area contributed by atoms with Crippen LogP contribution in [0.1, 0.15) is 26.7 Å². The highest BCUT2D eigenvalue weighted by Gasteiger charge is 2.17. The van der Waals surface area contributed by atoms with E-state index >= 15 is 0 Å². The van der Waals surface area contributed by atoms with Gasteiger partial charge in [-0.05, 0) is 25.9 Å². The van der Waals surface area contributed by atoms with E-state index in [9.17, 15) is 5.11 Å². The molecule has 12 heavy (non-hydrogen) atoms. The van der Waals surface area contributed by atoms with Gasteiger partial charge in [0.15, 0.2) is 0 Å². The maximum absolute atomic E-state index is 9.25. The van der Waals surface area contributed by atoms with E-state index in [1.54, 1.807) is 0 Å². The summed E-state index contributed by atoms with van der Waals surface area (Å²) in [6, 6.07) is 0.559. The van der Waals surface area contributed by atoms with E-state index in [-0.39, 0.29) is 6.10 Å². The van der Waals surface area contributed by atoms with Crippen LogP contribution >= 0.6 is 0 Å². The fraction of sp³-hybridized carbons (Fsp3) is 0.800. The summed E-state index contributed by atoms with van der Waals surface area (Å²) in [7, 11) is 0. The minimum Gasteiger partial charge on any atom is -0.389 e. The molecule has 2 heteroatoms. The van der Waals surface area contributed by atoms with Crippen LogP contribution in [-0.2, 0) is 0 Å². The first kappa shape index (κ1) is 9.75. The van der Waals surface area contributed by atoms with E-state index in [0.717, 1.165) is 25.9 Å². The molecule has 0 saturated carbocycles. The summed E-state index contributed by atoms with van der Waals surface area (Å²) in [4.78, 5) is 2.42. The third-order valence-corrected chi connectivity index (χ3v) is 2.59. The summed E-state index contributed by atoms with van der Waals surface area (Å²) in [5.41, 5.74) is 0. The average Bonchev–Trinajstić information content (AvgIpc) is 2.10. The van der Waals surface area contributed by atoms with Crippen LogP contribution in [0.15, 0.2) is 12.2 Å². The summed E-state index contributed by atoms with van der Waals surface area (Å²) in [5, 5.41) is 9.25. The zero-order chi connectivity index (χ0) is 8.97. The zero-order valence-corrected chi connectivity index (χ0v) is 8.03. The Kier molecular flexibility index (Phi) is 3.76. The smallest absolute Gasteiger partial charge is 0.0722 e. The molecule has 0 fully saturated rings. The lowest BCUT2D eigenvalue weighted by Crippen LogP contribution is -2.36. The van der Waals surface area contributed by atoms with Crippen molar-refractivity contribution in [2.24, 2.45) is 0 Å². The number of rotatable bonds is 3. The minimum atomic E-state index is -0.197. The molecule has 1 aliphatic rings. The highest BCUT2D eigenvalue weighted by atomic mass is 16.3. The molecule has 0 heterocycles. The Morgan fingerprint density at radius 3 is 2.33 bits per heavy atom. The summed E-state index contributed by atoms with van der Waals surface area (Å²) in [6.07, 6.45) is 5.88. The molecule has 0 bridgehead atoms. The first-order valence-corrected chi connectivity index (χ1v) is 4.88. The fourth-order valence-electron chi connectivity index (χ4n) is 1.79. The number of aliphatic hydroxyl groups excluding tert-OH is 1. The summed E-state index contributed by atoms with van der Waals surface area (Å²) in [6.45, 7) is 6.56. The van der Waals surface area contributed by atoms with E-state index < -0.39 is 0 Å². The van der Waals surface area contributed by atoms with E-state index in [2.05, 4.69) is 24.8 Å². The van der Waals surface area contributed by atoms with Crippen LogP contribution in [0.5, 0.6) is 0 Å². The van der Waals surface area contributed by atoms with Crippen molar-refractivity contribution in [2.75, 3.05) is 13.1 Å². The summed E-state index contributed by atoms with van der Waals surface area (Å²) >= 11 is 0. The third-order valence-electron chi connectivity index (χ3n) is 2.59. The van der Waals surface area contributed by atoms with Crippen molar-refractivity contribution in [2.45, 2.75) is 38.8 Å². The van der Waals surface area contributed by atoms with Gasteiger partial charge in [0, 0.05) is 6.04 Å². The second-order valence-electron chi connectivity index (χ2n) is 3.32. The maximum Gasteiger partial charge on any atom is 0.0722 e. The molecule has 70 valence electrons. The van der Waals surface area contributed by atoms with Gasteiger partial charge in [0.1, 0.15) is 0 Å². The van der Waals surface area contributed by atoms with E-state index in [1.165, 1.54) is 0 Å². The zero-order valence-electron chi connectivity index (χ0n) is 8.03. The summed E-state index contributed by atoms with van der Waals surface area (Å²) < 4.78 is 0. The van der Waals surface area contributed by atoms with Gasteiger partial charge in [-0.25, -0.2) is 0 Å². The van der Waals surface area contributed by atoms with E-state index in [4.69, 9.17) is 0 Å². The Morgan fingerprint density at radius 2 is 1.92 bits per heavy atom. The van der Waals surface area contributed by atoms with Crippen molar-refractivity contribution >= 4 is 0 Å². The fourth-order valence-corrected chi connectivity index (χ4v) is 1.79. The van der Waals surface area contributed by atoms with Gasteiger partial charge < -0.3 is 5.11 Å². The minimum absolute atomic E-state index is 0.197. The van der Waals surface area contributed by atoms with Crippen LogP contribution in [0, 0.1) is 0 Å². The molecule has 1 aliphatic carbocycles. The highest BCUT2D eigenvalue weighted by molar-refractivity contribution is 5.02. The van der Waals surface area contributed by atoms with Crippen LogP contribution in [0.4, 0.5) is 0 Å². The monoisotopic (exact) mass is 169 g/mol. The Hall–Kier alpha value is -0.340. The summed E-state index contributed by atoms with van der Waals surface area (Å²) in [5.74, 6) is 0. The Balaban J connectivity index is 2.47. The number of likely N-dealkylation sites (N-methyl/N-ethyl adjacent to an activating group) is 1. The van der Waals surface area contributed by atoms with Crippen molar-refractivity contribution in [3.63, 3.8) is 0 Å². The molecule has 2 nitrogen and oxygen atoms in total. The van der Waals surface area contributed by atoms with Crippen LogP contribution in [0.25, 0.3) is 0 Å². The molecule has 0 aromatic heterocycles. The molecule has 0 radical (unpaired) electrons. The highest BCUT2D eigenvalue weighted by Crippen LogP contribution is 2.16. The van der Waals surface area contributed by atoms with Gasteiger partial charge in [-0.2, -0.15) is 0 Å². The molecule has 0 aromatic carbocycles. The second kappa shape index (κ2) is 4.63. The van der Waals surface area contributed by atoms with Gasteiger partial charge in [-0.15, -0.1) is 0 Å². The molecule has 1 N–H and O–H groups in total. The Labute approximate surface area is 74.9 Å². The van der Waals surface area contributed by atoms with Crippen LogP contribution in [0.2, 0.25) is 0 Å². The lowest BCUT2D eigenvalue weighted by Gasteiger charge is -2.30. The maximum atomic E-state index is 9.25. The van der Waals surface area contributed by atoms with Crippen LogP contribution < -0.4 is 0 Å². The second-order valence-corrected chi connectivity index (χ2v) is 3.32. The number of aliphatic hydroxyl groups is 1. The largest absolute Gasteiger partial charge is 0.389 e. The molecule has 0 aromatic rings. The molecular formula is C10H19NO. The third kappa shape index (κ3) is 2.32. The molecule has 0 spiro atoms. The Bertz CT molecular complexity index is 152. The first-order valence-electron chi connectivity index (χ1n) is 4.88. The number of nitrogens with zero attached hydrogens (tertiary/aromatic N) is 1. The molecule has 2 atom stereocenters. The predicted octanol–water partition coefficient (Wildman–Crippen LogP) is 1.41. The van der Waals surface area contributed by atoms with Crippen LogP contribution in [0.3, 0.4) is 0 Å². The average molecular weight is 169 g/mol.